The van der Waals surface area contributed by atoms with Gasteiger partial charge in [-0.25, -0.2) is 10.9 Å². The Morgan fingerprint density at radius 2 is 1.15 bits per heavy atom. The number of hydrazone groups is 2. The lowest BCUT2D eigenvalue weighted by molar-refractivity contribution is 0.0954. The summed E-state index contributed by atoms with van der Waals surface area (Å²) in [6.07, 6.45) is 2.40. The van der Waals surface area contributed by atoms with E-state index in [4.69, 9.17) is 0 Å². The highest BCUT2D eigenvalue weighted by Crippen LogP contribution is 2.21. The molecule has 0 saturated heterocycles. The molecule has 3 rings (SSSR count). The number of carbonyl (C=O) groups is 2. The summed E-state index contributed by atoms with van der Waals surface area (Å²) >= 11 is 0. The van der Waals surface area contributed by atoms with Gasteiger partial charge in [-0.1, -0.05) is 0 Å². The average molecular weight is 463 g/mol. The van der Waals surface area contributed by atoms with Crippen molar-refractivity contribution in [2.24, 2.45) is 10.2 Å². The lowest BCUT2D eigenvalue weighted by Crippen LogP contribution is -2.23. The molecule has 11 heteroatoms. The fourth-order valence-corrected chi connectivity index (χ4v) is 2.91. The maximum Gasteiger partial charge on any atom is 0.273 e. The van der Waals surface area contributed by atoms with Crippen molar-refractivity contribution in [3.8, 4) is 23.0 Å². The third-order valence-electron chi connectivity index (χ3n) is 4.66. The van der Waals surface area contributed by atoms with Crippen LogP contribution < -0.4 is 10.9 Å². The molecular weight excluding hydrogens is 442 g/mol. The molecule has 0 unspecified atom stereocenters. The number of aromatic nitrogens is 1. The van der Waals surface area contributed by atoms with E-state index in [1.807, 2.05) is 0 Å². The Hall–Kier alpha value is -4.93. The number of hydrogen-bond acceptors (Lipinski definition) is 9. The summed E-state index contributed by atoms with van der Waals surface area (Å²) in [6.45, 7) is 3.20. The maximum atomic E-state index is 12.6. The number of amides is 2. The van der Waals surface area contributed by atoms with Crippen LogP contribution in [0.1, 0.15) is 43.2 Å². The number of aromatic hydroxyl groups is 4. The molecule has 34 heavy (non-hydrogen) atoms. The Bertz CT molecular complexity index is 1220. The maximum absolute atomic E-state index is 12.6. The topological polar surface area (TPSA) is 177 Å². The summed E-state index contributed by atoms with van der Waals surface area (Å²) < 4.78 is 0. The van der Waals surface area contributed by atoms with Crippen LogP contribution in [0.15, 0.2) is 52.7 Å². The Morgan fingerprint density at radius 1 is 0.735 bits per heavy atom. The highest BCUT2D eigenvalue weighted by Gasteiger charge is 2.17. The molecule has 2 aromatic carbocycles. The van der Waals surface area contributed by atoms with Crippen molar-refractivity contribution in [3.05, 3.63) is 76.1 Å². The van der Waals surface area contributed by atoms with Gasteiger partial charge in [0.2, 0.25) is 0 Å². The van der Waals surface area contributed by atoms with E-state index in [1.54, 1.807) is 13.8 Å². The number of phenolic OH excluding ortho intramolecular Hbond substituents is 4. The van der Waals surface area contributed by atoms with Crippen LogP contribution in [-0.4, -0.2) is 49.7 Å². The Kier molecular flexibility index (Phi) is 7.07. The van der Waals surface area contributed by atoms with E-state index < -0.39 is 11.8 Å². The normalized spacial score (nSPS) is 11.1. The number of nitrogens with one attached hydrogen (secondary N) is 2. The summed E-state index contributed by atoms with van der Waals surface area (Å²) in [4.78, 5) is 29.4. The first kappa shape index (κ1) is 23.7. The van der Waals surface area contributed by atoms with Gasteiger partial charge in [-0.15, -0.1) is 0 Å². The molecule has 1 heterocycles. The second-order valence-electron chi connectivity index (χ2n) is 7.14. The van der Waals surface area contributed by atoms with Gasteiger partial charge in [0.15, 0.2) is 0 Å². The van der Waals surface area contributed by atoms with Crippen molar-refractivity contribution in [1.82, 2.24) is 15.8 Å². The van der Waals surface area contributed by atoms with E-state index >= 15 is 0 Å². The van der Waals surface area contributed by atoms with Gasteiger partial charge in [0, 0.05) is 23.3 Å². The largest absolute Gasteiger partial charge is 0.508 e. The molecule has 0 aliphatic carbocycles. The minimum atomic E-state index is -0.633. The van der Waals surface area contributed by atoms with Crippen LogP contribution in [0.4, 0.5) is 0 Å². The monoisotopic (exact) mass is 463 g/mol. The summed E-state index contributed by atoms with van der Waals surface area (Å²) in [5, 5.41) is 45.7. The van der Waals surface area contributed by atoms with E-state index in [0.717, 1.165) is 12.1 Å². The molecule has 0 saturated carbocycles. The Morgan fingerprint density at radius 3 is 1.53 bits per heavy atom. The molecule has 3 aromatic rings. The van der Waals surface area contributed by atoms with Crippen LogP contribution in [0.2, 0.25) is 0 Å². The zero-order valence-corrected chi connectivity index (χ0v) is 18.1. The molecule has 0 radical (unpaired) electrons. The first-order valence-electron chi connectivity index (χ1n) is 9.84. The zero-order valence-electron chi connectivity index (χ0n) is 18.1. The van der Waals surface area contributed by atoms with Crippen molar-refractivity contribution < 1.29 is 30.0 Å². The summed E-state index contributed by atoms with van der Waals surface area (Å²) in [5.74, 6) is -1.93. The first-order valence-corrected chi connectivity index (χ1v) is 9.84. The van der Waals surface area contributed by atoms with Crippen LogP contribution in [0, 0.1) is 13.8 Å². The van der Waals surface area contributed by atoms with Crippen molar-refractivity contribution in [2.75, 3.05) is 0 Å². The molecule has 174 valence electrons. The molecule has 1 aromatic heterocycles. The second-order valence-corrected chi connectivity index (χ2v) is 7.14. The number of rotatable bonds is 6. The van der Waals surface area contributed by atoms with Gasteiger partial charge >= 0.3 is 0 Å². The molecule has 0 bridgehead atoms. The minimum Gasteiger partial charge on any atom is -0.508 e. The lowest BCUT2D eigenvalue weighted by atomic mass is 10.1. The van der Waals surface area contributed by atoms with Gasteiger partial charge in [-0.05, 0) is 44.2 Å². The van der Waals surface area contributed by atoms with Crippen molar-refractivity contribution in [1.29, 1.82) is 0 Å². The SMILES string of the molecule is Cc1nc(C)c(C(=O)NN=Cc2ccc(O)cc2O)cc1C(=O)NN=Cc1ccc(O)cc1O. The van der Waals surface area contributed by atoms with Gasteiger partial charge in [-0.2, -0.15) is 10.2 Å². The fourth-order valence-electron chi connectivity index (χ4n) is 2.91. The van der Waals surface area contributed by atoms with Crippen LogP contribution in [0.5, 0.6) is 23.0 Å². The van der Waals surface area contributed by atoms with Gasteiger partial charge < -0.3 is 20.4 Å². The number of nitrogens with zero attached hydrogens (tertiary/aromatic N) is 3. The summed E-state index contributed by atoms with van der Waals surface area (Å²) in [7, 11) is 0. The van der Waals surface area contributed by atoms with Gasteiger partial charge in [0.1, 0.15) is 23.0 Å². The van der Waals surface area contributed by atoms with Crippen molar-refractivity contribution in [3.63, 3.8) is 0 Å². The molecule has 0 fully saturated rings. The van der Waals surface area contributed by atoms with Crippen LogP contribution in [-0.2, 0) is 0 Å². The number of pyridine rings is 1. The van der Waals surface area contributed by atoms with E-state index in [-0.39, 0.29) is 45.3 Å². The number of hydrogen-bond donors (Lipinski definition) is 6. The highest BCUT2D eigenvalue weighted by molar-refractivity contribution is 6.01. The third-order valence-corrected chi connectivity index (χ3v) is 4.66. The van der Waals surface area contributed by atoms with Gasteiger partial charge in [-0.3, -0.25) is 14.6 Å². The predicted molar refractivity (Wildman–Crippen MR) is 123 cm³/mol. The van der Waals surface area contributed by atoms with Gasteiger partial charge in [0.25, 0.3) is 11.8 Å². The third kappa shape index (κ3) is 5.65. The molecule has 2 amide bonds. The van der Waals surface area contributed by atoms with Gasteiger partial charge in [0.05, 0.1) is 34.9 Å². The van der Waals surface area contributed by atoms with Crippen LogP contribution in [0.25, 0.3) is 0 Å². The van der Waals surface area contributed by atoms with Crippen LogP contribution in [0.3, 0.4) is 0 Å². The number of carbonyl (C=O) groups excluding carboxylic acids is 2. The number of aryl methyl sites for hydroxylation is 2. The molecule has 0 aliphatic heterocycles. The van der Waals surface area contributed by atoms with E-state index in [9.17, 15) is 30.0 Å². The minimum absolute atomic E-state index is 0.1000. The molecule has 0 atom stereocenters. The van der Waals surface area contributed by atoms with E-state index in [0.29, 0.717) is 11.4 Å². The number of phenols is 4. The predicted octanol–water partition coefficient (Wildman–Crippen LogP) is 2.05. The highest BCUT2D eigenvalue weighted by atomic mass is 16.3. The molecular formula is C23H21N5O6. The Balaban J connectivity index is 1.73. The van der Waals surface area contributed by atoms with E-state index in [2.05, 4.69) is 26.0 Å². The van der Waals surface area contributed by atoms with E-state index in [1.165, 1.54) is 42.8 Å². The molecule has 6 N–H and O–H groups in total. The van der Waals surface area contributed by atoms with Crippen molar-refractivity contribution >= 4 is 24.2 Å². The van der Waals surface area contributed by atoms with Crippen LogP contribution >= 0.6 is 0 Å². The molecule has 11 nitrogen and oxygen atoms in total. The standard InChI is InChI=1S/C23H21N5O6/c1-12-18(22(33)27-24-10-14-3-5-16(29)7-20(14)31)9-19(13(2)26-12)23(34)28-25-11-15-4-6-17(30)8-21(15)32/h3-11,29-32H,1-2H3,(H,27,33)(H,28,34). The zero-order chi connectivity index (χ0) is 24.8. The molecule has 0 aliphatic rings. The average Bonchev–Trinajstić information content (AvgIpc) is 2.76. The number of benzene rings is 2. The molecule has 0 spiro atoms. The van der Waals surface area contributed by atoms with Crippen molar-refractivity contribution in [2.45, 2.75) is 13.8 Å². The second kappa shape index (κ2) is 10.1. The smallest absolute Gasteiger partial charge is 0.273 e. The Labute approximate surface area is 193 Å². The summed E-state index contributed by atoms with van der Waals surface area (Å²) in [5.41, 5.74) is 6.08. The summed E-state index contributed by atoms with van der Waals surface area (Å²) in [6, 6.07) is 9.16. The fraction of sp³-hybridized carbons (Fsp3) is 0.0870. The quantitative estimate of drug-likeness (QED) is 0.239. The lowest BCUT2D eigenvalue weighted by Gasteiger charge is -2.09. The first-order chi connectivity index (χ1) is 16.2.